The minimum atomic E-state index is -0.778. The second-order valence-corrected chi connectivity index (χ2v) is 8.08. The first-order valence-electron chi connectivity index (χ1n) is 9.66. The first-order chi connectivity index (χ1) is 14.3. The summed E-state index contributed by atoms with van der Waals surface area (Å²) in [6.07, 6.45) is 1.28. The van der Waals surface area contributed by atoms with Gasteiger partial charge in [-0.05, 0) is 59.5 Å². The fourth-order valence-corrected chi connectivity index (χ4v) is 3.01. The van der Waals surface area contributed by atoms with Crippen molar-refractivity contribution in [2.75, 3.05) is 6.61 Å². The van der Waals surface area contributed by atoms with E-state index in [9.17, 15) is 9.59 Å². The second-order valence-electron chi connectivity index (χ2n) is 7.23. The van der Waals surface area contributed by atoms with Crippen LogP contribution in [-0.2, 0) is 9.53 Å². The fourth-order valence-electron chi connectivity index (χ4n) is 2.65. The summed E-state index contributed by atoms with van der Waals surface area (Å²) < 4.78 is 22.8. The molecule has 0 radical (unpaired) electrons. The van der Waals surface area contributed by atoms with Gasteiger partial charge in [-0.3, -0.25) is 4.79 Å². The van der Waals surface area contributed by atoms with E-state index in [1.165, 1.54) is 6.26 Å². The van der Waals surface area contributed by atoms with Crippen LogP contribution in [0.25, 0.3) is 11.0 Å². The summed E-state index contributed by atoms with van der Waals surface area (Å²) in [5.41, 5.74) is 0.0250. The van der Waals surface area contributed by atoms with E-state index in [1.54, 1.807) is 37.3 Å². The Labute approximate surface area is 182 Å². The molecule has 0 amide bonds. The lowest BCUT2D eigenvalue weighted by Gasteiger charge is -2.15. The molecule has 1 aromatic heterocycles. The Morgan fingerprint density at radius 3 is 2.60 bits per heavy atom. The molecule has 6 nitrogen and oxygen atoms in total. The Balaban J connectivity index is 1.73. The van der Waals surface area contributed by atoms with Crippen molar-refractivity contribution in [3.63, 3.8) is 0 Å². The van der Waals surface area contributed by atoms with Crippen molar-refractivity contribution in [3.05, 3.63) is 63.4 Å². The van der Waals surface area contributed by atoms with Gasteiger partial charge in [-0.15, -0.1) is 0 Å². The molecule has 7 heteroatoms. The van der Waals surface area contributed by atoms with Crippen LogP contribution in [0, 0.1) is 5.92 Å². The van der Waals surface area contributed by atoms with Crippen molar-refractivity contribution in [1.82, 2.24) is 0 Å². The summed E-state index contributed by atoms with van der Waals surface area (Å²) in [5.74, 6) is 1.00. The molecule has 0 aliphatic heterocycles. The van der Waals surface area contributed by atoms with E-state index in [1.807, 2.05) is 12.1 Å². The fraction of sp³-hybridized carbons (Fsp3) is 0.304. The molecular formula is C23H23BrO6. The Morgan fingerprint density at radius 1 is 1.10 bits per heavy atom. The summed E-state index contributed by atoms with van der Waals surface area (Å²) in [4.78, 5) is 24.8. The minimum absolute atomic E-state index is 0.0742. The lowest BCUT2D eigenvalue weighted by Crippen LogP contribution is -2.26. The molecule has 0 saturated heterocycles. The molecule has 1 atom stereocenters. The number of benzene rings is 2. The highest BCUT2D eigenvalue weighted by Gasteiger charge is 2.18. The number of ether oxygens (including phenoxy) is 3. The van der Waals surface area contributed by atoms with Crippen molar-refractivity contribution in [2.45, 2.75) is 33.3 Å². The molecular weight excluding hydrogens is 452 g/mol. The molecule has 30 heavy (non-hydrogen) atoms. The maximum atomic E-state index is 12.7. The molecule has 0 saturated carbocycles. The molecule has 158 valence electrons. The van der Waals surface area contributed by atoms with Gasteiger partial charge in [0.05, 0.1) is 16.5 Å². The Bertz CT molecular complexity index is 1090. The molecule has 0 aliphatic carbocycles. The molecule has 0 N–H and O–H groups in total. The van der Waals surface area contributed by atoms with Gasteiger partial charge in [0.25, 0.3) is 0 Å². The number of carbonyl (C=O) groups excluding carboxylic acids is 1. The van der Waals surface area contributed by atoms with E-state index < -0.39 is 12.1 Å². The average molecular weight is 475 g/mol. The standard InChI is InChI=1S/C23H23BrO6/c1-14(2)10-11-27-23(26)15(3)29-16-8-9-17-20(12-16)28-13-21(22(17)25)30-19-7-5-4-6-18(19)24/h4-9,12-15H,10-11H2,1-3H3/t15-/m0/s1. The zero-order valence-electron chi connectivity index (χ0n) is 17.0. The van der Waals surface area contributed by atoms with Gasteiger partial charge in [0.2, 0.25) is 11.2 Å². The van der Waals surface area contributed by atoms with Crippen LogP contribution in [0.4, 0.5) is 0 Å². The van der Waals surface area contributed by atoms with Gasteiger partial charge in [-0.25, -0.2) is 4.79 Å². The zero-order chi connectivity index (χ0) is 21.7. The summed E-state index contributed by atoms with van der Waals surface area (Å²) in [7, 11) is 0. The molecule has 0 unspecified atom stereocenters. The first-order valence-corrected chi connectivity index (χ1v) is 10.5. The summed E-state index contributed by atoms with van der Waals surface area (Å²) in [6.45, 7) is 6.10. The van der Waals surface area contributed by atoms with Crippen molar-refractivity contribution in [2.24, 2.45) is 5.92 Å². The molecule has 0 bridgehead atoms. The summed E-state index contributed by atoms with van der Waals surface area (Å²) in [5, 5.41) is 0.346. The van der Waals surface area contributed by atoms with Crippen LogP contribution in [0.5, 0.6) is 17.2 Å². The highest BCUT2D eigenvalue weighted by atomic mass is 79.9. The van der Waals surface area contributed by atoms with Gasteiger partial charge in [0, 0.05) is 6.07 Å². The molecule has 0 spiro atoms. The van der Waals surface area contributed by atoms with Crippen LogP contribution >= 0.6 is 15.9 Å². The van der Waals surface area contributed by atoms with Crippen molar-refractivity contribution >= 4 is 32.9 Å². The average Bonchev–Trinajstić information content (AvgIpc) is 2.71. The Hall–Kier alpha value is -2.80. The number of hydrogen-bond donors (Lipinski definition) is 0. The SMILES string of the molecule is CC(C)CCOC(=O)[C@H](C)Oc1ccc2c(=O)c(Oc3ccccc3Br)coc2c1. The van der Waals surface area contributed by atoms with Crippen molar-refractivity contribution in [1.29, 1.82) is 0 Å². The number of carbonyl (C=O) groups is 1. The Kier molecular flexibility index (Phi) is 7.15. The highest BCUT2D eigenvalue weighted by Crippen LogP contribution is 2.29. The number of hydrogen-bond acceptors (Lipinski definition) is 6. The van der Waals surface area contributed by atoms with Gasteiger partial charge in [0.15, 0.2) is 6.10 Å². The highest BCUT2D eigenvalue weighted by molar-refractivity contribution is 9.10. The number of esters is 1. The number of fused-ring (bicyclic) bond motifs is 1. The van der Waals surface area contributed by atoms with Crippen LogP contribution < -0.4 is 14.9 Å². The second kappa shape index (κ2) is 9.80. The number of rotatable bonds is 8. The van der Waals surface area contributed by atoms with E-state index in [-0.39, 0.29) is 11.2 Å². The van der Waals surface area contributed by atoms with Gasteiger partial charge < -0.3 is 18.6 Å². The zero-order valence-corrected chi connectivity index (χ0v) is 18.6. The monoisotopic (exact) mass is 474 g/mol. The van der Waals surface area contributed by atoms with Gasteiger partial charge in [-0.2, -0.15) is 0 Å². The third-order valence-electron chi connectivity index (χ3n) is 4.36. The molecule has 0 aliphatic rings. The topological polar surface area (TPSA) is 75.0 Å². The van der Waals surface area contributed by atoms with Crippen LogP contribution in [0.3, 0.4) is 0 Å². The van der Waals surface area contributed by atoms with Crippen LogP contribution in [0.1, 0.15) is 27.2 Å². The summed E-state index contributed by atoms with van der Waals surface area (Å²) >= 11 is 3.38. The Morgan fingerprint density at radius 2 is 1.87 bits per heavy atom. The van der Waals surface area contributed by atoms with E-state index in [2.05, 4.69) is 29.8 Å². The van der Waals surface area contributed by atoms with Gasteiger partial charge >= 0.3 is 5.97 Å². The molecule has 2 aromatic carbocycles. The normalized spacial score (nSPS) is 12.0. The lowest BCUT2D eigenvalue weighted by atomic mass is 10.1. The van der Waals surface area contributed by atoms with E-state index in [4.69, 9.17) is 18.6 Å². The summed E-state index contributed by atoms with van der Waals surface area (Å²) in [6, 6.07) is 12.0. The predicted molar refractivity (Wildman–Crippen MR) is 117 cm³/mol. The lowest BCUT2D eigenvalue weighted by molar-refractivity contribution is -0.151. The third kappa shape index (κ3) is 5.42. The van der Waals surface area contributed by atoms with E-state index >= 15 is 0 Å². The van der Waals surface area contributed by atoms with Crippen LogP contribution in [0.15, 0.2) is 62.4 Å². The number of para-hydroxylation sites is 1. The predicted octanol–water partition coefficient (Wildman–Crippen LogP) is 5.70. The largest absolute Gasteiger partial charge is 0.479 e. The maximum absolute atomic E-state index is 12.7. The third-order valence-corrected chi connectivity index (χ3v) is 5.01. The molecule has 0 fully saturated rings. The first kappa shape index (κ1) is 21.9. The smallest absolute Gasteiger partial charge is 0.347 e. The van der Waals surface area contributed by atoms with Gasteiger partial charge in [-0.1, -0.05) is 26.0 Å². The molecule has 3 aromatic rings. The van der Waals surface area contributed by atoms with E-state index in [0.29, 0.717) is 35.0 Å². The van der Waals surface area contributed by atoms with Crippen LogP contribution in [-0.4, -0.2) is 18.7 Å². The quantitative estimate of drug-likeness (QED) is 0.389. The van der Waals surface area contributed by atoms with E-state index in [0.717, 1.165) is 10.9 Å². The molecule has 1 heterocycles. The minimum Gasteiger partial charge on any atom is -0.479 e. The van der Waals surface area contributed by atoms with Crippen molar-refractivity contribution < 1.29 is 23.4 Å². The van der Waals surface area contributed by atoms with Gasteiger partial charge in [0.1, 0.15) is 23.3 Å². The van der Waals surface area contributed by atoms with Crippen molar-refractivity contribution in [3.8, 4) is 17.2 Å². The molecule has 3 rings (SSSR count). The number of halogens is 1. The maximum Gasteiger partial charge on any atom is 0.347 e. The van der Waals surface area contributed by atoms with Crippen LogP contribution in [0.2, 0.25) is 0 Å².